The molecule has 0 saturated carbocycles. The summed E-state index contributed by atoms with van der Waals surface area (Å²) in [6.45, 7) is 1.34. The van der Waals surface area contributed by atoms with Gasteiger partial charge in [0.1, 0.15) is 5.52 Å². The van der Waals surface area contributed by atoms with Crippen LogP contribution < -0.4 is 10.2 Å². The molecule has 158 valence electrons. The molecule has 1 amide bonds. The van der Waals surface area contributed by atoms with Crippen molar-refractivity contribution in [3.8, 4) is 11.3 Å². The Kier molecular flexibility index (Phi) is 5.11. The second-order valence-electron chi connectivity index (χ2n) is 7.38. The van der Waals surface area contributed by atoms with Crippen molar-refractivity contribution < 1.29 is 18.0 Å². The summed E-state index contributed by atoms with van der Waals surface area (Å²) in [4.78, 5) is 23.6. The minimum Gasteiger partial charge on any atom is -0.423 e. The Morgan fingerprint density at radius 1 is 1.10 bits per heavy atom. The van der Waals surface area contributed by atoms with E-state index >= 15 is 0 Å². The molecule has 6 nitrogen and oxygen atoms in total. The summed E-state index contributed by atoms with van der Waals surface area (Å²) in [6, 6.07) is 11.8. The maximum Gasteiger partial charge on any atom is 0.298 e. The number of carbonyl (C=O) groups is 1. The fourth-order valence-electron chi connectivity index (χ4n) is 3.65. The predicted molar refractivity (Wildman–Crippen MR) is 115 cm³/mol. The molecule has 4 aromatic rings. The maximum atomic E-state index is 13.5. The molecule has 2 aromatic heterocycles. The number of para-hydroxylation sites is 2. The number of nitrogens with one attached hydrogen (secondary N) is 1. The first-order valence-electron chi connectivity index (χ1n) is 9.89. The molecule has 1 saturated heterocycles. The third-order valence-electron chi connectivity index (χ3n) is 5.37. The van der Waals surface area contributed by atoms with Crippen LogP contribution in [0.4, 0.5) is 19.9 Å². The van der Waals surface area contributed by atoms with Gasteiger partial charge in [0.05, 0.1) is 5.69 Å². The van der Waals surface area contributed by atoms with Crippen LogP contribution in [0.3, 0.4) is 0 Å². The van der Waals surface area contributed by atoms with Crippen LogP contribution in [-0.2, 0) is 4.79 Å². The molecule has 0 unspecified atom stereocenters. The van der Waals surface area contributed by atoms with Crippen molar-refractivity contribution in [1.82, 2.24) is 9.97 Å². The average molecular weight is 440 g/mol. The van der Waals surface area contributed by atoms with Crippen LogP contribution in [0.1, 0.15) is 12.8 Å². The van der Waals surface area contributed by atoms with E-state index in [-0.39, 0.29) is 11.8 Å². The molecular weight excluding hydrogens is 422 g/mol. The van der Waals surface area contributed by atoms with Gasteiger partial charge in [-0.15, -0.1) is 11.3 Å². The SMILES string of the molecule is O=C(Nc1nc(-c2ccc(F)c(F)c2)cs1)C1CCN(c2nc3ccccc3o2)CC1. The number of hydrogen-bond donors (Lipinski definition) is 1. The number of carbonyl (C=O) groups excluding carboxylic acids is 1. The van der Waals surface area contributed by atoms with Gasteiger partial charge in [0.25, 0.3) is 6.01 Å². The van der Waals surface area contributed by atoms with Crippen LogP contribution in [-0.4, -0.2) is 29.0 Å². The van der Waals surface area contributed by atoms with Crippen LogP contribution in [0.15, 0.2) is 52.3 Å². The van der Waals surface area contributed by atoms with Gasteiger partial charge in [-0.1, -0.05) is 12.1 Å². The normalized spacial score (nSPS) is 14.8. The topological polar surface area (TPSA) is 71.3 Å². The van der Waals surface area contributed by atoms with Crippen molar-refractivity contribution >= 4 is 39.5 Å². The summed E-state index contributed by atoms with van der Waals surface area (Å²) in [6.07, 6.45) is 1.35. The summed E-state index contributed by atoms with van der Waals surface area (Å²) in [5, 5.41) is 4.99. The number of piperidine rings is 1. The molecular formula is C22H18F2N4O2S. The number of halogens is 2. The molecule has 0 aliphatic carbocycles. The Hall–Kier alpha value is -3.33. The van der Waals surface area contributed by atoms with Crippen molar-refractivity contribution in [2.45, 2.75) is 12.8 Å². The lowest BCUT2D eigenvalue weighted by atomic mass is 9.96. The highest BCUT2D eigenvalue weighted by Gasteiger charge is 2.27. The Labute approximate surface area is 180 Å². The van der Waals surface area contributed by atoms with Crippen LogP contribution in [0.2, 0.25) is 0 Å². The zero-order valence-corrected chi connectivity index (χ0v) is 17.2. The minimum atomic E-state index is -0.929. The molecule has 1 aliphatic heterocycles. The minimum absolute atomic E-state index is 0.0941. The van der Waals surface area contributed by atoms with E-state index in [0.29, 0.717) is 48.3 Å². The monoisotopic (exact) mass is 440 g/mol. The molecule has 1 fully saturated rings. The van der Waals surface area contributed by atoms with Crippen LogP contribution in [0.5, 0.6) is 0 Å². The van der Waals surface area contributed by atoms with Gasteiger partial charge < -0.3 is 14.6 Å². The maximum absolute atomic E-state index is 13.5. The van der Waals surface area contributed by atoms with Crippen LogP contribution in [0.25, 0.3) is 22.4 Å². The zero-order valence-electron chi connectivity index (χ0n) is 16.3. The lowest BCUT2D eigenvalue weighted by Crippen LogP contribution is -2.38. The Morgan fingerprint density at radius 2 is 1.90 bits per heavy atom. The van der Waals surface area contributed by atoms with Crippen molar-refractivity contribution in [3.63, 3.8) is 0 Å². The number of amides is 1. The quantitative estimate of drug-likeness (QED) is 0.479. The van der Waals surface area contributed by atoms with Crippen molar-refractivity contribution in [2.75, 3.05) is 23.3 Å². The number of fused-ring (bicyclic) bond motifs is 1. The molecule has 1 aliphatic rings. The third-order valence-corrected chi connectivity index (χ3v) is 6.13. The van der Waals surface area contributed by atoms with Gasteiger partial charge >= 0.3 is 0 Å². The van der Waals surface area contributed by atoms with Crippen molar-refractivity contribution in [1.29, 1.82) is 0 Å². The summed E-state index contributed by atoms with van der Waals surface area (Å²) < 4.78 is 32.4. The van der Waals surface area contributed by atoms with E-state index in [1.807, 2.05) is 29.2 Å². The summed E-state index contributed by atoms with van der Waals surface area (Å²) in [7, 11) is 0. The highest BCUT2D eigenvalue weighted by atomic mass is 32.1. The first kappa shape index (κ1) is 19.6. The van der Waals surface area contributed by atoms with E-state index in [1.165, 1.54) is 17.4 Å². The van der Waals surface area contributed by atoms with Gasteiger partial charge in [-0.3, -0.25) is 4.79 Å². The van der Waals surface area contributed by atoms with Crippen molar-refractivity contribution in [3.05, 3.63) is 59.5 Å². The number of anilines is 2. The summed E-state index contributed by atoms with van der Waals surface area (Å²) in [5.41, 5.74) is 2.52. The largest absolute Gasteiger partial charge is 0.423 e. The van der Waals surface area contributed by atoms with E-state index < -0.39 is 11.6 Å². The second-order valence-corrected chi connectivity index (χ2v) is 8.24. The van der Waals surface area contributed by atoms with E-state index in [9.17, 15) is 13.6 Å². The molecule has 0 atom stereocenters. The average Bonchev–Trinajstić information content (AvgIpc) is 3.43. The number of benzene rings is 2. The summed E-state index contributed by atoms with van der Waals surface area (Å²) >= 11 is 1.25. The standard InChI is InChI=1S/C22H18F2N4O2S/c23-15-6-5-14(11-16(15)24)18-12-31-21(25-18)27-20(29)13-7-9-28(10-8-13)22-26-17-3-1-2-4-19(17)30-22/h1-6,11-13H,7-10H2,(H,25,27,29). The van der Waals surface area contributed by atoms with E-state index in [0.717, 1.165) is 23.2 Å². The van der Waals surface area contributed by atoms with Gasteiger partial charge in [-0.2, -0.15) is 4.98 Å². The predicted octanol–water partition coefficient (Wildman–Crippen LogP) is 5.08. The van der Waals surface area contributed by atoms with Gasteiger partial charge in [0.2, 0.25) is 5.91 Å². The van der Waals surface area contributed by atoms with Gasteiger partial charge in [-0.25, -0.2) is 13.8 Å². The number of hydrogen-bond acceptors (Lipinski definition) is 6. The summed E-state index contributed by atoms with van der Waals surface area (Å²) in [5.74, 6) is -2.07. The molecule has 2 aromatic carbocycles. The number of thiazole rings is 1. The highest BCUT2D eigenvalue weighted by molar-refractivity contribution is 7.14. The lowest BCUT2D eigenvalue weighted by Gasteiger charge is -2.29. The molecule has 1 N–H and O–H groups in total. The second kappa shape index (κ2) is 8.07. The molecule has 0 spiro atoms. The number of rotatable bonds is 4. The van der Waals surface area contributed by atoms with E-state index in [1.54, 1.807) is 5.38 Å². The smallest absolute Gasteiger partial charge is 0.298 e. The molecule has 0 bridgehead atoms. The molecule has 31 heavy (non-hydrogen) atoms. The molecule has 9 heteroatoms. The Balaban J connectivity index is 1.20. The van der Waals surface area contributed by atoms with Crippen LogP contribution in [0, 0.1) is 17.6 Å². The number of oxazole rings is 1. The van der Waals surface area contributed by atoms with E-state index in [4.69, 9.17) is 4.42 Å². The van der Waals surface area contributed by atoms with Gasteiger partial charge in [-0.05, 0) is 43.2 Å². The van der Waals surface area contributed by atoms with Crippen LogP contribution >= 0.6 is 11.3 Å². The Morgan fingerprint density at radius 3 is 2.68 bits per heavy atom. The fourth-order valence-corrected chi connectivity index (χ4v) is 4.38. The number of nitrogens with zero attached hydrogens (tertiary/aromatic N) is 3. The first-order valence-corrected chi connectivity index (χ1v) is 10.8. The van der Waals surface area contributed by atoms with Crippen molar-refractivity contribution in [2.24, 2.45) is 5.92 Å². The number of aromatic nitrogens is 2. The Bertz CT molecular complexity index is 1210. The molecule has 3 heterocycles. The lowest BCUT2D eigenvalue weighted by molar-refractivity contribution is -0.120. The fraction of sp³-hybridized carbons (Fsp3) is 0.227. The third kappa shape index (κ3) is 4.00. The van der Waals surface area contributed by atoms with Gasteiger partial charge in [0, 0.05) is 30.0 Å². The molecule has 5 rings (SSSR count). The molecule has 0 radical (unpaired) electrons. The first-order chi connectivity index (χ1) is 15.1. The highest BCUT2D eigenvalue weighted by Crippen LogP contribution is 2.29. The van der Waals surface area contributed by atoms with Gasteiger partial charge in [0.15, 0.2) is 22.3 Å². The van der Waals surface area contributed by atoms with E-state index in [2.05, 4.69) is 15.3 Å². The zero-order chi connectivity index (χ0) is 21.4.